The molecule has 5 nitrogen and oxygen atoms in total. The molecule has 1 aromatic rings. The first-order valence-corrected chi connectivity index (χ1v) is 5.68. The summed E-state index contributed by atoms with van der Waals surface area (Å²) in [6.07, 6.45) is -4.13. The minimum absolute atomic E-state index is 0.0117. The second kappa shape index (κ2) is 5.85. The maximum absolute atomic E-state index is 12.0. The second-order valence-electron chi connectivity index (χ2n) is 4.31. The zero-order valence-electron chi connectivity index (χ0n) is 10.6. The molecule has 0 aliphatic rings. The summed E-state index contributed by atoms with van der Waals surface area (Å²) in [5, 5.41) is 2.13. The van der Waals surface area contributed by atoms with Crippen molar-refractivity contribution in [1.82, 2.24) is 15.3 Å². The molecule has 1 rings (SSSR count). The smallest absolute Gasteiger partial charge is 0.390 e. The van der Waals surface area contributed by atoms with Gasteiger partial charge in [0.1, 0.15) is 5.82 Å². The maximum Gasteiger partial charge on any atom is 0.390 e. The lowest BCUT2D eigenvalue weighted by Crippen LogP contribution is -2.29. The number of nitrogens with two attached hydrogens (primary N) is 1. The lowest BCUT2D eigenvalue weighted by Gasteiger charge is -2.10. The van der Waals surface area contributed by atoms with Crippen LogP contribution in [-0.4, -0.2) is 28.6 Å². The molecule has 3 N–H and O–H groups in total. The number of anilines is 1. The van der Waals surface area contributed by atoms with Gasteiger partial charge in [-0.3, -0.25) is 4.79 Å². The Kier molecular flexibility index (Phi) is 4.68. The molecule has 0 spiro atoms. The molecule has 19 heavy (non-hydrogen) atoms. The van der Waals surface area contributed by atoms with E-state index in [1.165, 1.54) is 6.20 Å². The van der Waals surface area contributed by atoms with Crippen molar-refractivity contribution >= 4 is 11.6 Å². The van der Waals surface area contributed by atoms with Crippen LogP contribution in [0.1, 0.15) is 42.5 Å². The fourth-order valence-electron chi connectivity index (χ4n) is 1.27. The number of halogens is 3. The van der Waals surface area contributed by atoms with E-state index in [2.05, 4.69) is 15.3 Å². The highest BCUT2D eigenvalue weighted by molar-refractivity contribution is 5.96. The van der Waals surface area contributed by atoms with Gasteiger partial charge in [-0.05, 0) is 0 Å². The van der Waals surface area contributed by atoms with E-state index in [-0.39, 0.29) is 17.3 Å². The first-order valence-electron chi connectivity index (χ1n) is 5.68. The highest BCUT2D eigenvalue weighted by Crippen LogP contribution is 2.18. The number of alkyl halides is 3. The minimum atomic E-state index is -4.31. The van der Waals surface area contributed by atoms with Crippen molar-refractivity contribution in [2.45, 2.75) is 32.4 Å². The van der Waals surface area contributed by atoms with Crippen molar-refractivity contribution in [2.24, 2.45) is 0 Å². The average Bonchev–Trinajstić information content (AvgIpc) is 2.27. The third-order valence-corrected chi connectivity index (χ3v) is 2.26. The van der Waals surface area contributed by atoms with E-state index in [0.29, 0.717) is 5.82 Å². The van der Waals surface area contributed by atoms with E-state index in [1.807, 2.05) is 13.8 Å². The van der Waals surface area contributed by atoms with Gasteiger partial charge in [0.05, 0.1) is 18.3 Å². The number of carbonyl (C=O) groups excluding carboxylic acids is 1. The number of carbonyl (C=O) groups is 1. The molecule has 0 bridgehead atoms. The monoisotopic (exact) mass is 276 g/mol. The Morgan fingerprint density at radius 3 is 2.63 bits per heavy atom. The third-order valence-electron chi connectivity index (χ3n) is 2.26. The van der Waals surface area contributed by atoms with Gasteiger partial charge in [-0.15, -0.1) is 0 Å². The summed E-state index contributed by atoms with van der Waals surface area (Å²) < 4.78 is 35.9. The fourth-order valence-corrected chi connectivity index (χ4v) is 1.27. The average molecular weight is 276 g/mol. The molecule has 0 fully saturated rings. The summed E-state index contributed by atoms with van der Waals surface area (Å²) in [5.74, 6) is -0.330. The topological polar surface area (TPSA) is 80.9 Å². The maximum atomic E-state index is 12.0. The molecule has 1 heterocycles. The lowest BCUT2D eigenvalue weighted by atomic mass is 10.2. The van der Waals surface area contributed by atoms with Crippen LogP contribution >= 0.6 is 0 Å². The normalized spacial score (nSPS) is 11.7. The lowest BCUT2D eigenvalue weighted by molar-refractivity contribution is -0.132. The number of nitrogens with zero attached hydrogens (tertiary/aromatic N) is 2. The Labute approximate surface area is 108 Å². The van der Waals surface area contributed by atoms with E-state index < -0.39 is 25.0 Å². The van der Waals surface area contributed by atoms with Crippen LogP contribution in [-0.2, 0) is 0 Å². The molecule has 0 aromatic carbocycles. The molecule has 0 saturated carbocycles. The Bertz CT molecular complexity index is 460. The van der Waals surface area contributed by atoms with Crippen LogP contribution in [0.5, 0.6) is 0 Å². The third kappa shape index (κ3) is 4.72. The van der Waals surface area contributed by atoms with Gasteiger partial charge >= 0.3 is 6.18 Å². The van der Waals surface area contributed by atoms with Crippen LogP contribution in [0.4, 0.5) is 18.9 Å². The summed E-state index contributed by atoms with van der Waals surface area (Å²) in [5.41, 5.74) is 5.48. The molecule has 0 aliphatic carbocycles. The summed E-state index contributed by atoms with van der Waals surface area (Å²) in [6.45, 7) is 3.15. The standard InChI is InChI=1S/C11H15F3N4O/c1-6(2)9-17-5-7(15)8(18-9)10(19)16-4-3-11(12,13)14/h5-6H,3-4,15H2,1-2H3,(H,16,19). The largest absolute Gasteiger partial charge is 0.396 e. The van der Waals surface area contributed by atoms with E-state index in [4.69, 9.17) is 5.73 Å². The SMILES string of the molecule is CC(C)c1ncc(N)c(C(=O)NCCC(F)(F)F)n1. The van der Waals surface area contributed by atoms with Crippen LogP contribution in [0.3, 0.4) is 0 Å². The van der Waals surface area contributed by atoms with Crippen molar-refractivity contribution < 1.29 is 18.0 Å². The molecular formula is C11H15F3N4O. The molecule has 0 atom stereocenters. The molecule has 8 heteroatoms. The van der Waals surface area contributed by atoms with Gasteiger partial charge in [0.15, 0.2) is 5.69 Å². The van der Waals surface area contributed by atoms with Gasteiger partial charge in [-0.1, -0.05) is 13.8 Å². The first kappa shape index (κ1) is 15.2. The molecule has 0 unspecified atom stereocenters. The van der Waals surface area contributed by atoms with Crippen LogP contribution in [0.2, 0.25) is 0 Å². The van der Waals surface area contributed by atoms with Gasteiger partial charge in [-0.2, -0.15) is 13.2 Å². The molecule has 1 amide bonds. The summed E-state index contributed by atoms with van der Waals surface area (Å²) in [6, 6.07) is 0. The highest BCUT2D eigenvalue weighted by Gasteiger charge is 2.27. The zero-order chi connectivity index (χ0) is 14.6. The quantitative estimate of drug-likeness (QED) is 0.879. The van der Waals surface area contributed by atoms with E-state index >= 15 is 0 Å². The van der Waals surface area contributed by atoms with Crippen molar-refractivity contribution in [2.75, 3.05) is 12.3 Å². The van der Waals surface area contributed by atoms with Crippen LogP contribution < -0.4 is 11.1 Å². The molecule has 0 radical (unpaired) electrons. The molecule has 0 aliphatic heterocycles. The fraction of sp³-hybridized carbons (Fsp3) is 0.545. The van der Waals surface area contributed by atoms with Gasteiger partial charge < -0.3 is 11.1 Å². The van der Waals surface area contributed by atoms with Gasteiger partial charge in [0.2, 0.25) is 0 Å². The van der Waals surface area contributed by atoms with Crippen molar-refractivity contribution in [3.05, 3.63) is 17.7 Å². The number of nitrogen functional groups attached to an aromatic ring is 1. The van der Waals surface area contributed by atoms with Gasteiger partial charge in [0, 0.05) is 12.5 Å². The summed E-state index contributed by atoms with van der Waals surface area (Å²) in [7, 11) is 0. The second-order valence-corrected chi connectivity index (χ2v) is 4.31. The number of amides is 1. The summed E-state index contributed by atoms with van der Waals surface area (Å²) >= 11 is 0. The number of nitrogens with one attached hydrogen (secondary N) is 1. The minimum Gasteiger partial charge on any atom is -0.396 e. The molecule has 1 aromatic heterocycles. The highest BCUT2D eigenvalue weighted by atomic mass is 19.4. The number of aromatic nitrogens is 2. The van der Waals surface area contributed by atoms with Crippen LogP contribution in [0.15, 0.2) is 6.20 Å². The Balaban J connectivity index is 2.74. The van der Waals surface area contributed by atoms with Gasteiger partial charge in [-0.25, -0.2) is 9.97 Å². The summed E-state index contributed by atoms with van der Waals surface area (Å²) in [4.78, 5) is 19.6. The molecule has 0 saturated heterocycles. The van der Waals surface area contributed by atoms with Gasteiger partial charge in [0.25, 0.3) is 5.91 Å². The van der Waals surface area contributed by atoms with Crippen LogP contribution in [0.25, 0.3) is 0 Å². The Hall–Kier alpha value is -1.86. The van der Waals surface area contributed by atoms with Crippen molar-refractivity contribution in [1.29, 1.82) is 0 Å². The number of hydrogen-bond donors (Lipinski definition) is 2. The number of hydrogen-bond acceptors (Lipinski definition) is 4. The van der Waals surface area contributed by atoms with E-state index in [1.54, 1.807) is 0 Å². The first-order chi connectivity index (χ1) is 8.70. The van der Waals surface area contributed by atoms with Crippen molar-refractivity contribution in [3.8, 4) is 0 Å². The van der Waals surface area contributed by atoms with E-state index in [9.17, 15) is 18.0 Å². The Morgan fingerprint density at radius 1 is 1.47 bits per heavy atom. The Morgan fingerprint density at radius 2 is 2.11 bits per heavy atom. The van der Waals surface area contributed by atoms with E-state index in [0.717, 1.165) is 0 Å². The predicted molar refractivity (Wildman–Crippen MR) is 63.5 cm³/mol. The zero-order valence-corrected chi connectivity index (χ0v) is 10.6. The predicted octanol–water partition coefficient (Wildman–Crippen LogP) is 1.86. The molecular weight excluding hydrogens is 261 g/mol. The van der Waals surface area contributed by atoms with Crippen LogP contribution in [0, 0.1) is 0 Å². The molecule has 106 valence electrons. The number of rotatable bonds is 4. The van der Waals surface area contributed by atoms with Crippen molar-refractivity contribution in [3.63, 3.8) is 0 Å².